The maximum atomic E-state index is 12.0. The summed E-state index contributed by atoms with van der Waals surface area (Å²) in [5.74, 6) is -2.08. The zero-order valence-electron chi connectivity index (χ0n) is 10.9. The number of aliphatic carboxylic acids is 1. The number of hydrogen-bond acceptors (Lipinski definition) is 3. The smallest absolute Gasteiger partial charge is 0.326 e. The average molecular weight is 286 g/mol. The predicted molar refractivity (Wildman–Crippen MR) is 71.5 cm³/mol. The third-order valence-corrected chi connectivity index (χ3v) is 2.83. The molecule has 0 spiro atoms. The van der Waals surface area contributed by atoms with E-state index in [1.54, 1.807) is 20.8 Å². The normalized spacial score (nSPS) is 12.8. The van der Waals surface area contributed by atoms with Crippen molar-refractivity contribution in [3.8, 4) is 5.75 Å². The van der Waals surface area contributed by atoms with Crippen LogP contribution >= 0.6 is 11.6 Å². The van der Waals surface area contributed by atoms with Gasteiger partial charge in [0.15, 0.2) is 0 Å². The van der Waals surface area contributed by atoms with Gasteiger partial charge >= 0.3 is 5.97 Å². The van der Waals surface area contributed by atoms with Crippen LogP contribution in [0.25, 0.3) is 0 Å². The fourth-order valence-electron chi connectivity index (χ4n) is 1.55. The van der Waals surface area contributed by atoms with Crippen LogP contribution in [0.2, 0.25) is 5.02 Å². The Morgan fingerprint density at radius 2 is 1.89 bits per heavy atom. The van der Waals surface area contributed by atoms with Crippen molar-refractivity contribution in [2.45, 2.75) is 26.8 Å². The van der Waals surface area contributed by atoms with E-state index in [-0.39, 0.29) is 11.3 Å². The number of rotatable bonds is 3. The molecule has 104 valence electrons. The Morgan fingerprint density at radius 1 is 1.32 bits per heavy atom. The quantitative estimate of drug-likeness (QED) is 0.795. The first-order chi connectivity index (χ1) is 8.62. The molecule has 0 saturated carbocycles. The Kier molecular flexibility index (Phi) is 4.42. The number of benzene rings is 1. The lowest BCUT2D eigenvalue weighted by Crippen LogP contribution is -2.49. The van der Waals surface area contributed by atoms with Gasteiger partial charge in [0.05, 0.1) is 5.56 Å². The van der Waals surface area contributed by atoms with Gasteiger partial charge in [-0.2, -0.15) is 0 Å². The molecule has 0 fully saturated rings. The van der Waals surface area contributed by atoms with Crippen LogP contribution in [0.15, 0.2) is 18.2 Å². The summed E-state index contributed by atoms with van der Waals surface area (Å²) in [5.41, 5.74) is -0.663. The summed E-state index contributed by atoms with van der Waals surface area (Å²) in [7, 11) is 0. The van der Waals surface area contributed by atoms with Crippen LogP contribution in [-0.2, 0) is 4.79 Å². The second kappa shape index (κ2) is 5.48. The van der Waals surface area contributed by atoms with Crippen molar-refractivity contribution in [2.75, 3.05) is 0 Å². The topological polar surface area (TPSA) is 86.6 Å². The van der Waals surface area contributed by atoms with Gasteiger partial charge < -0.3 is 15.5 Å². The molecule has 0 aliphatic rings. The minimum absolute atomic E-state index is 0.0140. The highest BCUT2D eigenvalue weighted by atomic mass is 35.5. The fourth-order valence-corrected chi connectivity index (χ4v) is 1.72. The molecular formula is C13H16ClNO4. The molecule has 1 aromatic rings. The maximum Gasteiger partial charge on any atom is 0.326 e. The first kappa shape index (κ1) is 15.3. The summed E-state index contributed by atoms with van der Waals surface area (Å²) in [4.78, 5) is 23.1. The summed E-state index contributed by atoms with van der Waals surface area (Å²) < 4.78 is 0. The molecule has 1 atom stereocenters. The number of carbonyl (C=O) groups excluding carboxylic acids is 1. The van der Waals surface area contributed by atoms with E-state index in [1.807, 2.05) is 0 Å². The van der Waals surface area contributed by atoms with Crippen molar-refractivity contribution in [1.29, 1.82) is 0 Å². The number of halogens is 1. The first-order valence-electron chi connectivity index (χ1n) is 5.65. The molecule has 19 heavy (non-hydrogen) atoms. The third kappa shape index (κ3) is 3.86. The van der Waals surface area contributed by atoms with Gasteiger partial charge in [-0.3, -0.25) is 4.79 Å². The molecule has 5 nitrogen and oxygen atoms in total. The zero-order valence-corrected chi connectivity index (χ0v) is 11.7. The summed E-state index contributed by atoms with van der Waals surface area (Å²) in [5, 5.41) is 21.4. The van der Waals surface area contributed by atoms with E-state index in [9.17, 15) is 14.7 Å². The Hall–Kier alpha value is -1.75. The molecule has 0 radical (unpaired) electrons. The van der Waals surface area contributed by atoms with E-state index in [2.05, 4.69) is 5.32 Å². The van der Waals surface area contributed by atoms with Crippen LogP contribution in [0.4, 0.5) is 0 Å². The van der Waals surface area contributed by atoms with Gasteiger partial charge in [-0.15, -0.1) is 0 Å². The van der Waals surface area contributed by atoms with E-state index in [1.165, 1.54) is 18.2 Å². The molecule has 6 heteroatoms. The number of carboxylic acid groups (broad SMARTS) is 1. The lowest BCUT2D eigenvalue weighted by atomic mass is 9.86. The van der Waals surface area contributed by atoms with Gasteiger partial charge in [-0.25, -0.2) is 4.79 Å². The van der Waals surface area contributed by atoms with Crippen molar-refractivity contribution < 1.29 is 19.8 Å². The molecule has 3 N–H and O–H groups in total. The van der Waals surface area contributed by atoms with Crippen LogP contribution in [-0.4, -0.2) is 28.1 Å². The van der Waals surface area contributed by atoms with Crippen LogP contribution in [0.1, 0.15) is 31.1 Å². The highest BCUT2D eigenvalue weighted by Gasteiger charge is 2.33. The molecule has 0 aliphatic heterocycles. The Labute approximate surface area is 116 Å². The predicted octanol–water partition coefficient (Wildman–Crippen LogP) is 2.27. The van der Waals surface area contributed by atoms with Crippen molar-refractivity contribution in [2.24, 2.45) is 5.41 Å². The number of aromatic hydroxyl groups is 1. The maximum absolute atomic E-state index is 12.0. The molecule has 0 aromatic heterocycles. The summed E-state index contributed by atoms with van der Waals surface area (Å²) in [6.07, 6.45) is 0. The van der Waals surface area contributed by atoms with Gasteiger partial charge in [0.1, 0.15) is 11.8 Å². The highest BCUT2D eigenvalue weighted by Crippen LogP contribution is 2.24. The summed E-state index contributed by atoms with van der Waals surface area (Å²) in [6.45, 7) is 5.11. The average Bonchev–Trinajstić information content (AvgIpc) is 2.23. The van der Waals surface area contributed by atoms with Crippen molar-refractivity contribution >= 4 is 23.5 Å². The zero-order chi connectivity index (χ0) is 14.8. The number of amides is 1. The van der Waals surface area contributed by atoms with E-state index in [0.29, 0.717) is 5.02 Å². The van der Waals surface area contributed by atoms with Crippen LogP contribution in [0.5, 0.6) is 5.75 Å². The van der Waals surface area contributed by atoms with Crippen molar-refractivity contribution in [3.63, 3.8) is 0 Å². The molecule has 1 rings (SSSR count). The van der Waals surface area contributed by atoms with E-state index < -0.39 is 23.3 Å². The molecule has 0 saturated heterocycles. The minimum atomic E-state index is -1.13. The Bertz CT molecular complexity index is 508. The van der Waals surface area contributed by atoms with Gasteiger partial charge in [0.2, 0.25) is 0 Å². The van der Waals surface area contributed by atoms with Gasteiger partial charge in [-0.05, 0) is 23.6 Å². The summed E-state index contributed by atoms with van der Waals surface area (Å²) in [6, 6.07) is 2.95. The number of phenols is 1. The van der Waals surface area contributed by atoms with E-state index in [0.717, 1.165) is 0 Å². The Morgan fingerprint density at radius 3 is 2.32 bits per heavy atom. The first-order valence-corrected chi connectivity index (χ1v) is 6.03. The van der Waals surface area contributed by atoms with Crippen molar-refractivity contribution in [1.82, 2.24) is 5.32 Å². The van der Waals surface area contributed by atoms with E-state index >= 15 is 0 Å². The van der Waals surface area contributed by atoms with E-state index in [4.69, 9.17) is 16.7 Å². The Balaban J connectivity index is 2.98. The van der Waals surface area contributed by atoms with Gasteiger partial charge in [-0.1, -0.05) is 32.4 Å². The molecule has 0 aliphatic carbocycles. The van der Waals surface area contributed by atoms with Crippen LogP contribution < -0.4 is 5.32 Å². The van der Waals surface area contributed by atoms with Crippen LogP contribution in [0, 0.1) is 5.41 Å². The van der Waals surface area contributed by atoms with Gasteiger partial charge in [0.25, 0.3) is 5.91 Å². The lowest BCUT2D eigenvalue weighted by Gasteiger charge is -2.27. The molecule has 0 heterocycles. The summed E-state index contributed by atoms with van der Waals surface area (Å²) >= 11 is 5.66. The highest BCUT2D eigenvalue weighted by molar-refractivity contribution is 6.30. The second-order valence-electron chi connectivity index (χ2n) is 5.27. The third-order valence-electron chi connectivity index (χ3n) is 2.59. The number of carboxylic acids is 1. The number of nitrogens with one attached hydrogen (secondary N) is 1. The standard InChI is InChI=1S/C13H16ClNO4/c1-13(2,3)10(12(18)19)15-11(17)8-5-4-7(14)6-9(8)16/h4-6,10,16H,1-3H3,(H,15,17)(H,18,19). The largest absolute Gasteiger partial charge is 0.507 e. The fraction of sp³-hybridized carbons (Fsp3) is 0.385. The molecule has 1 amide bonds. The minimum Gasteiger partial charge on any atom is -0.507 e. The van der Waals surface area contributed by atoms with Crippen molar-refractivity contribution in [3.05, 3.63) is 28.8 Å². The van der Waals surface area contributed by atoms with Gasteiger partial charge in [0, 0.05) is 5.02 Å². The number of phenolic OH excluding ortho intramolecular Hbond substituents is 1. The second-order valence-corrected chi connectivity index (χ2v) is 5.71. The van der Waals surface area contributed by atoms with Crippen LogP contribution in [0.3, 0.4) is 0 Å². The molecule has 1 aromatic carbocycles. The molecule has 1 unspecified atom stereocenters. The monoisotopic (exact) mass is 285 g/mol. The SMILES string of the molecule is CC(C)(C)C(NC(=O)c1ccc(Cl)cc1O)C(=O)O. The lowest BCUT2D eigenvalue weighted by molar-refractivity contribution is -0.142. The number of carbonyl (C=O) groups is 2. The molecular weight excluding hydrogens is 270 g/mol. The molecule has 0 bridgehead atoms. The number of hydrogen-bond donors (Lipinski definition) is 3.